The second-order valence-electron chi connectivity index (χ2n) is 4.19. The van der Waals surface area contributed by atoms with Crippen molar-refractivity contribution in [3.63, 3.8) is 0 Å². The van der Waals surface area contributed by atoms with E-state index >= 15 is 0 Å². The van der Waals surface area contributed by atoms with E-state index in [2.05, 4.69) is 21.5 Å². The van der Waals surface area contributed by atoms with Crippen molar-refractivity contribution >= 4 is 10.0 Å². The Morgan fingerprint density at radius 3 is 2.71 bits per heavy atom. The van der Waals surface area contributed by atoms with Crippen molar-refractivity contribution in [3.8, 4) is 11.8 Å². The second kappa shape index (κ2) is 6.99. The summed E-state index contributed by atoms with van der Waals surface area (Å²) in [6.45, 7) is 0.353. The first-order valence-corrected chi connectivity index (χ1v) is 7.78. The van der Waals surface area contributed by atoms with Crippen LogP contribution in [0.1, 0.15) is 11.1 Å². The lowest BCUT2D eigenvalue weighted by molar-refractivity contribution is 0.581. The second-order valence-corrected chi connectivity index (χ2v) is 5.92. The Bertz CT molecular complexity index is 762. The Balaban J connectivity index is 2.24. The van der Waals surface area contributed by atoms with Crippen LogP contribution < -0.4 is 10.5 Å². The third kappa shape index (κ3) is 4.13. The molecule has 0 aliphatic rings. The number of hydrogen-bond donors (Lipinski definition) is 2. The lowest BCUT2D eigenvalue weighted by Crippen LogP contribution is -2.24. The molecular weight excluding hydrogens is 286 g/mol. The van der Waals surface area contributed by atoms with Gasteiger partial charge in [-0.2, -0.15) is 0 Å². The van der Waals surface area contributed by atoms with E-state index in [1.54, 1.807) is 42.7 Å². The predicted octanol–water partition coefficient (Wildman–Crippen LogP) is 0.870. The molecule has 0 saturated carbocycles. The minimum Gasteiger partial charge on any atom is -0.320 e. The van der Waals surface area contributed by atoms with E-state index < -0.39 is 10.0 Å². The van der Waals surface area contributed by atoms with E-state index in [4.69, 9.17) is 5.73 Å². The molecule has 2 rings (SSSR count). The highest BCUT2D eigenvalue weighted by Crippen LogP contribution is 2.14. The molecule has 21 heavy (non-hydrogen) atoms. The van der Waals surface area contributed by atoms with Gasteiger partial charge < -0.3 is 5.73 Å². The molecule has 0 aliphatic heterocycles. The standard InChI is InChI=1S/C15H15N3O2S/c16-9-3-7-14-6-1-2-8-15(14)21(19,20)18-12-13-5-4-10-17-11-13/h1-2,4-6,8,10-11,18H,9,12,16H2. The molecule has 1 aromatic carbocycles. The van der Waals surface area contributed by atoms with Crippen molar-refractivity contribution in [2.24, 2.45) is 5.73 Å². The summed E-state index contributed by atoms with van der Waals surface area (Å²) in [6, 6.07) is 10.1. The summed E-state index contributed by atoms with van der Waals surface area (Å²) in [4.78, 5) is 4.09. The predicted molar refractivity (Wildman–Crippen MR) is 80.6 cm³/mol. The van der Waals surface area contributed by atoms with E-state index in [-0.39, 0.29) is 18.0 Å². The summed E-state index contributed by atoms with van der Waals surface area (Å²) in [5, 5.41) is 0. The SMILES string of the molecule is NCC#Cc1ccccc1S(=O)(=O)NCc1cccnc1. The zero-order valence-electron chi connectivity index (χ0n) is 11.3. The average molecular weight is 301 g/mol. The van der Waals surface area contributed by atoms with Crippen molar-refractivity contribution in [1.29, 1.82) is 0 Å². The molecule has 1 heterocycles. The number of rotatable bonds is 4. The maximum absolute atomic E-state index is 12.4. The molecule has 0 bridgehead atoms. The van der Waals surface area contributed by atoms with Crippen molar-refractivity contribution < 1.29 is 8.42 Å². The van der Waals surface area contributed by atoms with Gasteiger partial charge in [-0.3, -0.25) is 4.98 Å². The van der Waals surface area contributed by atoms with Gasteiger partial charge in [-0.15, -0.1) is 0 Å². The topological polar surface area (TPSA) is 85.1 Å². The maximum Gasteiger partial charge on any atom is 0.242 e. The van der Waals surface area contributed by atoms with E-state index in [1.807, 2.05) is 0 Å². The molecule has 0 aliphatic carbocycles. The highest BCUT2D eigenvalue weighted by Gasteiger charge is 2.16. The number of aromatic nitrogens is 1. The quantitative estimate of drug-likeness (QED) is 0.821. The summed E-state index contributed by atoms with van der Waals surface area (Å²) in [7, 11) is -3.64. The lowest BCUT2D eigenvalue weighted by Gasteiger charge is -2.08. The maximum atomic E-state index is 12.4. The van der Waals surface area contributed by atoms with Crippen molar-refractivity contribution in [3.05, 3.63) is 59.9 Å². The van der Waals surface area contributed by atoms with Crippen LogP contribution in [-0.2, 0) is 16.6 Å². The van der Waals surface area contributed by atoms with Crippen LogP contribution in [0.3, 0.4) is 0 Å². The molecule has 6 heteroatoms. The van der Waals surface area contributed by atoms with Gasteiger partial charge >= 0.3 is 0 Å². The van der Waals surface area contributed by atoms with Gasteiger partial charge in [-0.25, -0.2) is 13.1 Å². The fourth-order valence-electron chi connectivity index (χ4n) is 1.71. The molecule has 0 amide bonds. The van der Waals surface area contributed by atoms with Crippen LogP contribution in [-0.4, -0.2) is 19.9 Å². The normalized spacial score (nSPS) is 10.7. The van der Waals surface area contributed by atoms with Crippen LogP contribution in [0.2, 0.25) is 0 Å². The van der Waals surface area contributed by atoms with Crippen LogP contribution in [0.5, 0.6) is 0 Å². The molecule has 0 unspecified atom stereocenters. The molecule has 5 nitrogen and oxygen atoms in total. The van der Waals surface area contributed by atoms with E-state index in [0.717, 1.165) is 5.56 Å². The molecule has 0 spiro atoms. The number of nitrogens with zero attached hydrogens (tertiary/aromatic N) is 1. The minimum absolute atomic E-state index is 0.148. The van der Waals surface area contributed by atoms with Gasteiger partial charge in [0.25, 0.3) is 0 Å². The molecule has 0 fully saturated rings. The molecule has 108 valence electrons. The zero-order valence-corrected chi connectivity index (χ0v) is 12.1. The molecule has 0 saturated heterocycles. The molecule has 3 N–H and O–H groups in total. The molecular formula is C15H15N3O2S. The Hall–Kier alpha value is -2.20. The summed E-state index contributed by atoms with van der Waals surface area (Å²) in [5.41, 5.74) is 6.54. The van der Waals surface area contributed by atoms with Crippen LogP contribution in [0.4, 0.5) is 0 Å². The van der Waals surface area contributed by atoms with Crippen LogP contribution >= 0.6 is 0 Å². The van der Waals surface area contributed by atoms with Crippen molar-refractivity contribution in [2.75, 3.05) is 6.54 Å². The average Bonchev–Trinajstić information content (AvgIpc) is 2.52. The van der Waals surface area contributed by atoms with Gasteiger partial charge in [0, 0.05) is 24.5 Å². The fourth-order valence-corrected chi connectivity index (χ4v) is 2.89. The Morgan fingerprint density at radius 1 is 1.19 bits per heavy atom. The van der Waals surface area contributed by atoms with Crippen molar-refractivity contribution in [2.45, 2.75) is 11.4 Å². The first kappa shape index (κ1) is 15.2. The highest BCUT2D eigenvalue weighted by molar-refractivity contribution is 7.89. The van der Waals surface area contributed by atoms with E-state index in [0.29, 0.717) is 5.56 Å². The Labute approximate surface area is 124 Å². The van der Waals surface area contributed by atoms with Gasteiger partial charge in [0.05, 0.1) is 11.4 Å². The first-order valence-electron chi connectivity index (χ1n) is 6.30. The van der Waals surface area contributed by atoms with E-state index in [9.17, 15) is 8.42 Å². The summed E-state index contributed by atoms with van der Waals surface area (Å²) >= 11 is 0. The highest BCUT2D eigenvalue weighted by atomic mass is 32.2. The summed E-state index contributed by atoms with van der Waals surface area (Å²) in [5.74, 6) is 5.44. The fraction of sp³-hybridized carbons (Fsp3) is 0.133. The van der Waals surface area contributed by atoms with E-state index in [1.165, 1.54) is 6.07 Å². The Kier molecular flexibility index (Phi) is 5.06. The Morgan fingerprint density at radius 2 is 2.00 bits per heavy atom. The lowest BCUT2D eigenvalue weighted by atomic mass is 10.2. The van der Waals surface area contributed by atoms with Gasteiger partial charge in [-0.05, 0) is 23.8 Å². The number of nitrogens with one attached hydrogen (secondary N) is 1. The van der Waals surface area contributed by atoms with Crippen LogP contribution in [0.25, 0.3) is 0 Å². The summed E-state index contributed by atoms with van der Waals surface area (Å²) in [6.07, 6.45) is 3.25. The largest absolute Gasteiger partial charge is 0.320 e. The molecule has 1 aromatic heterocycles. The number of nitrogens with two attached hydrogens (primary N) is 1. The molecule has 2 aromatic rings. The zero-order chi connectivity index (χ0) is 15.1. The third-order valence-electron chi connectivity index (χ3n) is 2.69. The number of benzene rings is 1. The number of pyridine rings is 1. The van der Waals surface area contributed by atoms with Crippen LogP contribution in [0, 0.1) is 11.8 Å². The smallest absolute Gasteiger partial charge is 0.242 e. The number of sulfonamides is 1. The van der Waals surface area contributed by atoms with Crippen LogP contribution in [0.15, 0.2) is 53.7 Å². The molecule has 0 radical (unpaired) electrons. The molecule has 0 atom stereocenters. The van der Waals surface area contributed by atoms with Gasteiger partial charge in [0.1, 0.15) is 0 Å². The summed E-state index contributed by atoms with van der Waals surface area (Å²) < 4.78 is 27.3. The first-order chi connectivity index (χ1) is 10.1. The van der Waals surface area contributed by atoms with Gasteiger partial charge in [-0.1, -0.05) is 30.0 Å². The monoisotopic (exact) mass is 301 g/mol. The van der Waals surface area contributed by atoms with Crippen molar-refractivity contribution in [1.82, 2.24) is 9.71 Å². The number of hydrogen-bond acceptors (Lipinski definition) is 4. The van der Waals surface area contributed by atoms with Gasteiger partial charge in [0.2, 0.25) is 10.0 Å². The minimum atomic E-state index is -3.64. The third-order valence-corrected chi connectivity index (χ3v) is 4.15. The van der Waals surface area contributed by atoms with Gasteiger partial charge in [0.15, 0.2) is 0 Å².